The third kappa shape index (κ3) is 3.10. The van der Waals surface area contributed by atoms with Gasteiger partial charge in [-0.2, -0.15) is 5.10 Å². The number of aromatic nitrogens is 2. The molecule has 0 radical (unpaired) electrons. The lowest BCUT2D eigenvalue weighted by Gasteiger charge is -2.23. The van der Waals surface area contributed by atoms with Crippen LogP contribution in [0.15, 0.2) is 24.3 Å². The first kappa shape index (κ1) is 17.7. The van der Waals surface area contributed by atoms with Crippen molar-refractivity contribution in [2.75, 3.05) is 13.2 Å². The van der Waals surface area contributed by atoms with E-state index in [0.29, 0.717) is 12.1 Å². The summed E-state index contributed by atoms with van der Waals surface area (Å²) in [5.74, 6) is -2.03. The van der Waals surface area contributed by atoms with E-state index in [1.54, 1.807) is 16.8 Å². The predicted molar refractivity (Wildman–Crippen MR) is 93.4 cm³/mol. The van der Waals surface area contributed by atoms with Gasteiger partial charge in [-0.1, -0.05) is 6.07 Å². The highest BCUT2D eigenvalue weighted by molar-refractivity contribution is 5.98. The van der Waals surface area contributed by atoms with Gasteiger partial charge < -0.3 is 15.2 Å². The molecule has 7 nitrogen and oxygen atoms in total. The SMILES string of the molecule is O=C(NC1(C(=O)O)CCOC1)c1nn(-c2cccc(F)c2)c2c1CCCC2. The predicted octanol–water partition coefficient (Wildman–Crippen LogP) is 1.86. The zero-order valence-electron chi connectivity index (χ0n) is 14.7. The van der Waals surface area contributed by atoms with Crippen LogP contribution in [0.1, 0.15) is 41.0 Å². The van der Waals surface area contributed by atoms with Crippen LogP contribution in [-0.4, -0.2) is 45.5 Å². The number of nitrogens with zero attached hydrogens (tertiary/aromatic N) is 2. The number of ether oxygens (including phenoxy) is 1. The van der Waals surface area contributed by atoms with E-state index in [1.807, 2.05) is 0 Å². The van der Waals surface area contributed by atoms with Gasteiger partial charge in [0.05, 0.1) is 12.3 Å². The van der Waals surface area contributed by atoms with E-state index in [2.05, 4.69) is 10.4 Å². The van der Waals surface area contributed by atoms with E-state index in [9.17, 15) is 19.1 Å². The molecular weight excluding hydrogens is 353 g/mol. The summed E-state index contributed by atoms with van der Waals surface area (Å²) < 4.78 is 20.5. The molecule has 8 heteroatoms. The Morgan fingerprint density at radius 2 is 2.11 bits per heavy atom. The number of fused-ring (bicyclic) bond motifs is 1. The van der Waals surface area contributed by atoms with Crippen molar-refractivity contribution in [3.63, 3.8) is 0 Å². The van der Waals surface area contributed by atoms with E-state index in [-0.39, 0.29) is 31.1 Å². The number of aliphatic carboxylic acids is 1. The molecule has 0 spiro atoms. The lowest BCUT2D eigenvalue weighted by atomic mass is 9.94. The van der Waals surface area contributed by atoms with Crippen LogP contribution in [0.3, 0.4) is 0 Å². The van der Waals surface area contributed by atoms with Crippen LogP contribution < -0.4 is 5.32 Å². The van der Waals surface area contributed by atoms with Crippen LogP contribution in [0.25, 0.3) is 5.69 Å². The van der Waals surface area contributed by atoms with Gasteiger partial charge in [0.25, 0.3) is 5.91 Å². The molecule has 1 aliphatic heterocycles. The van der Waals surface area contributed by atoms with Crippen molar-refractivity contribution in [2.45, 2.75) is 37.6 Å². The second-order valence-corrected chi connectivity index (χ2v) is 7.02. The highest BCUT2D eigenvalue weighted by Crippen LogP contribution is 2.28. The Bertz CT molecular complexity index is 902. The van der Waals surface area contributed by atoms with E-state index >= 15 is 0 Å². The number of halogens is 1. The minimum atomic E-state index is -1.43. The average molecular weight is 373 g/mol. The first-order valence-electron chi connectivity index (χ1n) is 9.00. The van der Waals surface area contributed by atoms with Crippen LogP contribution >= 0.6 is 0 Å². The molecule has 2 N–H and O–H groups in total. The molecule has 2 aromatic rings. The number of rotatable bonds is 4. The molecule has 4 rings (SSSR count). The Labute approximate surface area is 155 Å². The Balaban J connectivity index is 1.73. The zero-order chi connectivity index (χ0) is 19.0. The number of benzene rings is 1. The number of carboxylic acid groups (broad SMARTS) is 1. The number of carbonyl (C=O) groups is 2. The zero-order valence-corrected chi connectivity index (χ0v) is 14.7. The van der Waals surface area contributed by atoms with Gasteiger partial charge in [0.15, 0.2) is 11.2 Å². The van der Waals surface area contributed by atoms with Gasteiger partial charge in [0.1, 0.15) is 5.82 Å². The normalized spacial score (nSPS) is 21.7. The molecule has 0 saturated carbocycles. The number of amides is 1. The molecule has 142 valence electrons. The van der Waals surface area contributed by atoms with E-state index in [0.717, 1.165) is 30.5 Å². The fourth-order valence-corrected chi connectivity index (χ4v) is 3.77. The van der Waals surface area contributed by atoms with Crippen molar-refractivity contribution >= 4 is 11.9 Å². The molecule has 1 atom stereocenters. The number of nitrogens with one attached hydrogen (secondary N) is 1. The molecule has 2 aliphatic rings. The molecule has 1 fully saturated rings. The second kappa shape index (κ2) is 6.77. The molecule has 1 aromatic carbocycles. The highest BCUT2D eigenvalue weighted by Gasteiger charge is 2.45. The molecule has 2 heterocycles. The fourth-order valence-electron chi connectivity index (χ4n) is 3.77. The summed E-state index contributed by atoms with van der Waals surface area (Å²) in [6, 6.07) is 6.05. The summed E-state index contributed by atoms with van der Waals surface area (Å²) in [4.78, 5) is 24.6. The van der Waals surface area contributed by atoms with E-state index in [4.69, 9.17) is 4.74 Å². The topological polar surface area (TPSA) is 93.5 Å². The van der Waals surface area contributed by atoms with Crippen LogP contribution in [0.2, 0.25) is 0 Å². The third-order valence-corrected chi connectivity index (χ3v) is 5.23. The van der Waals surface area contributed by atoms with Crippen molar-refractivity contribution in [3.05, 3.63) is 47.0 Å². The fraction of sp³-hybridized carbons (Fsp3) is 0.421. The van der Waals surface area contributed by atoms with Crippen LogP contribution in [0.4, 0.5) is 4.39 Å². The minimum absolute atomic E-state index is 0.0686. The monoisotopic (exact) mass is 373 g/mol. The third-order valence-electron chi connectivity index (χ3n) is 5.23. The number of carboxylic acids is 1. The van der Waals surface area contributed by atoms with Gasteiger partial charge >= 0.3 is 5.97 Å². The van der Waals surface area contributed by atoms with Gasteiger partial charge in [-0.05, 0) is 43.9 Å². The van der Waals surface area contributed by atoms with Gasteiger partial charge in [-0.15, -0.1) is 0 Å². The quantitative estimate of drug-likeness (QED) is 0.853. The van der Waals surface area contributed by atoms with Crippen molar-refractivity contribution in [1.29, 1.82) is 0 Å². The molecule has 0 bridgehead atoms. The summed E-state index contributed by atoms with van der Waals surface area (Å²) in [6.45, 7) is 0.212. The lowest BCUT2D eigenvalue weighted by molar-refractivity contribution is -0.144. The van der Waals surface area contributed by atoms with Gasteiger partial charge in [0.2, 0.25) is 0 Å². The van der Waals surface area contributed by atoms with Crippen molar-refractivity contribution in [3.8, 4) is 5.69 Å². The summed E-state index contributed by atoms with van der Waals surface area (Å²) in [5, 5.41) is 16.6. The van der Waals surface area contributed by atoms with Crippen molar-refractivity contribution in [2.24, 2.45) is 0 Å². The maximum atomic E-state index is 13.7. The van der Waals surface area contributed by atoms with Crippen molar-refractivity contribution in [1.82, 2.24) is 15.1 Å². The van der Waals surface area contributed by atoms with Crippen LogP contribution in [0.5, 0.6) is 0 Å². The summed E-state index contributed by atoms with van der Waals surface area (Å²) >= 11 is 0. The van der Waals surface area contributed by atoms with E-state index in [1.165, 1.54) is 12.1 Å². The van der Waals surface area contributed by atoms with Gasteiger partial charge in [0, 0.05) is 24.3 Å². The molecular formula is C19H20FN3O4. The molecule has 1 saturated heterocycles. The maximum absolute atomic E-state index is 13.7. The second-order valence-electron chi connectivity index (χ2n) is 7.02. The lowest BCUT2D eigenvalue weighted by Crippen LogP contribution is -2.55. The summed E-state index contributed by atoms with van der Waals surface area (Å²) in [6.07, 6.45) is 3.52. The van der Waals surface area contributed by atoms with Crippen LogP contribution in [0, 0.1) is 5.82 Å². The Hall–Kier alpha value is -2.74. The maximum Gasteiger partial charge on any atom is 0.331 e. The number of hydrogen-bond donors (Lipinski definition) is 2. The molecule has 1 unspecified atom stereocenters. The number of carbonyl (C=O) groups excluding carboxylic acids is 1. The van der Waals surface area contributed by atoms with E-state index < -0.39 is 17.4 Å². The highest BCUT2D eigenvalue weighted by atomic mass is 19.1. The van der Waals surface area contributed by atoms with Crippen LogP contribution in [-0.2, 0) is 22.4 Å². The average Bonchev–Trinajstić information content (AvgIpc) is 3.27. The Morgan fingerprint density at radius 1 is 1.30 bits per heavy atom. The summed E-state index contributed by atoms with van der Waals surface area (Å²) in [5.41, 5.74) is 1.01. The first-order chi connectivity index (χ1) is 13.0. The molecule has 27 heavy (non-hydrogen) atoms. The smallest absolute Gasteiger partial charge is 0.331 e. The Kier molecular flexibility index (Phi) is 4.43. The van der Waals surface area contributed by atoms with Gasteiger partial charge in [-0.3, -0.25) is 4.79 Å². The minimum Gasteiger partial charge on any atom is -0.479 e. The molecule has 1 amide bonds. The molecule has 1 aliphatic carbocycles. The number of hydrogen-bond acceptors (Lipinski definition) is 4. The largest absolute Gasteiger partial charge is 0.479 e. The Morgan fingerprint density at radius 3 is 2.81 bits per heavy atom. The van der Waals surface area contributed by atoms with Gasteiger partial charge in [-0.25, -0.2) is 13.9 Å². The molecule has 1 aromatic heterocycles. The summed E-state index contributed by atoms with van der Waals surface area (Å²) in [7, 11) is 0. The first-order valence-corrected chi connectivity index (χ1v) is 9.00. The van der Waals surface area contributed by atoms with Crippen molar-refractivity contribution < 1.29 is 23.8 Å². The standard InChI is InChI=1S/C19H20FN3O4/c20-12-4-3-5-13(10-12)23-15-7-2-1-6-14(15)16(22-23)17(24)21-19(18(25)26)8-9-27-11-19/h3-5,10H,1-2,6-9,11H2,(H,21,24)(H,25,26).